The second kappa shape index (κ2) is 6.73. The summed E-state index contributed by atoms with van der Waals surface area (Å²) < 4.78 is 11.3. The van der Waals surface area contributed by atoms with Gasteiger partial charge in [-0.15, -0.1) is 0 Å². The minimum atomic E-state index is 0.0219. The zero-order chi connectivity index (χ0) is 14.5. The summed E-state index contributed by atoms with van der Waals surface area (Å²) in [7, 11) is 3.66. The van der Waals surface area contributed by atoms with E-state index in [0.29, 0.717) is 6.61 Å². The molecule has 0 spiro atoms. The van der Waals surface area contributed by atoms with Crippen LogP contribution < -0.4 is 10.1 Å². The molecule has 0 bridgehead atoms. The Morgan fingerprint density at radius 1 is 1.10 bits per heavy atom. The number of nitrogens with one attached hydrogen (secondary N) is 1. The van der Waals surface area contributed by atoms with E-state index in [1.54, 1.807) is 7.11 Å². The smallest absolute Gasteiger partial charge is 0.132 e. The van der Waals surface area contributed by atoms with Crippen LogP contribution in [0.25, 0.3) is 10.8 Å². The Morgan fingerprint density at radius 3 is 2.55 bits per heavy atom. The lowest BCUT2D eigenvalue weighted by atomic mass is 10.0. The van der Waals surface area contributed by atoms with Crippen molar-refractivity contribution < 1.29 is 9.47 Å². The van der Waals surface area contributed by atoms with Crippen LogP contribution in [0.3, 0.4) is 0 Å². The Kier molecular flexibility index (Phi) is 4.99. The molecule has 0 fully saturated rings. The second-order valence-corrected chi connectivity index (χ2v) is 5.10. The van der Waals surface area contributed by atoms with E-state index in [1.165, 1.54) is 10.9 Å². The Balaban J connectivity index is 2.49. The van der Waals surface area contributed by atoms with Crippen molar-refractivity contribution >= 4 is 10.8 Å². The van der Waals surface area contributed by atoms with Crippen LogP contribution in [0.5, 0.6) is 5.75 Å². The van der Waals surface area contributed by atoms with E-state index in [1.807, 2.05) is 26.1 Å². The fourth-order valence-electron chi connectivity index (χ4n) is 2.36. The van der Waals surface area contributed by atoms with Crippen LogP contribution in [-0.4, -0.2) is 26.9 Å². The maximum absolute atomic E-state index is 6.16. The van der Waals surface area contributed by atoms with Crippen molar-refractivity contribution in [1.82, 2.24) is 5.32 Å². The molecule has 108 valence electrons. The highest BCUT2D eigenvalue weighted by Crippen LogP contribution is 2.34. The van der Waals surface area contributed by atoms with Crippen molar-refractivity contribution in [3.8, 4) is 5.75 Å². The van der Waals surface area contributed by atoms with Crippen LogP contribution in [0, 0.1) is 0 Å². The van der Waals surface area contributed by atoms with Crippen molar-refractivity contribution in [2.75, 3.05) is 20.8 Å². The number of benzene rings is 2. The van der Waals surface area contributed by atoms with Crippen molar-refractivity contribution in [2.24, 2.45) is 0 Å². The van der Waals surface area contributed by atoms with Crippen LogP contribution in [0.15, 0.2) is 36.4 Å². The van der Waals surface area contributed by atoms with E-state index >= 15 is 0 Å². The molecule has 0 aromatic heterocycles. The Morgan fingerprint density at radius 2 is 1.85 bits per heavy atom. The lowest BCUT2D eigenvalue weighted by Crippen LogP contribution is -2.21. The predicted molar refractivity (Wildman–Crippen MR) is 83.4 cm³/mol. The molecule has 2 atom stereocenters. The molecule has 0 saturated carbocycles. The topological polar surface area (TPSA) is 30.5 Å². The van der Waals surface area contributed by atoms with Gasteiger partial charge in [0.25, 0.3) is 0 Å². The van der Waals surface area contributed by atoms with Gasteiger partial charge in [-0.3, -0.25) is 0 Å². The summed E-state index contributed by atoms with van der Waals surface area (Å²) >= 11 is 0. The van der Waals surface area contributed by atoms with Gasteiger partial charge in [-0.1, -0.05) is 36.4 Å². The van der Waals surface area contributed by atoms with Crippen LogP contribution in [0.2, 0.25) is 0 Å². The lowest BCUT2D eigenvalue weighted by Gasteiger charge is -2.22. The van der Waals surface area contributed by atoms with E-state index in [-0.39, 0.29) is 12.1 Å². The molecule has 0 aliphatic heterocycles. The molecule has 0 amide bonds. The highest BCUT2D eigenvalue weighted by molar-refractivity contribution is 5.89. The van der Waals surface area contributed by atoms with Gasteiger partial charge < -0.3 is 14.8 Å². The molecule has 0 heterocycles. The minimum Gasteiger partial charge on any atom is -0.487 e. The Labute approximate surface area is 120 Å². The quantitative estimate of drug-likeness (QED) is 0.873. The van der Waals surface area contributed by atoms with Crippen LogP contribution in [0.4, 0.5) is 0 Å². The normalized spacial score (nSPS) is 14.2. The van der Waals surface area contributed by atoms with Gasteiger partial charge >= 0.3 is 0 Å². The molecule has 2 rings (SSSR count). The number of ether oxygens (including phenoxy) is 2. The molecule has 2 aromatic carbocycles. The fraction of sp³-hybridized carbons (Fsp3) is 0.412. The fourth-order valence-corrected chi connectivity index (χ4v) is 2.36. The van der Waals surface area contributed by atoms with Gasteiger partial charge in [0.2, 0.25) is 0 Å². The SMILES string of the molecule is CNC(C)c1ccc2ccccc2c1OC(C)COC. The first-order chi connectivity index (χ1) is 9.67. The molecular weight excluding hydrogens is 250 g/mol. The van der Waals surface area contributed by atoms with E-state index in [2.05, 4.69) is 36.5 Å². The molecule has 3 heteroatoms. The van der Waals surface area contributed by atoms with Gasteiger partial charge in [-0.25, -0.2) is 0 Å². The first-order valence-electron chi connectivity index (χ1n) is 7.02. The number of fused-ring (bicyclic) bond motifs is 1. The third kappa shape index (κ3) is 3.11. The molecule has 3 nitrogen and oxygen atoms in total. The van der Waals surface area contributed by atoms with Gasteiger partial charge in [0.05, 0.1) is 6.61 Å². The van der Waals surface area contributed by atoms with Crippen molar-refractivity contribution in [3.05, 3.63) is 42.0 Å². The number of rotatable bonds is 6. The highest BCUT2D eigenvalue weighted by Gasteiger charge is 2.15. The van der Waals surface area contributed by atoms with Gasteiger partial charge in [0.1, 0.15) is 11.9 Å². The maximum atomic E-state index is 6.16. The molecule has 2 aromatic rings. The zero-order valence-electron chi connectivity index (χ0n) is 12.6. The Bertz CT molecular complexity index is 568. The summed E-state index contributed by atoms with van der Waals surface area (Å²) in [6, 6.07) is 12.8. The maximum Gasteiger partial charge on any atom is 0.132 e. The van der Waals surface area contributed by atoms with Crippen molar-refractivity contribution in [1.29, 1.82) is 0 Å². The predicted octanol–water partition coefficient (Wildman–Crippen LogP) is 3.53. The minimum absolute atomic E-state index is 0.0219. The molecule has 0 aliphatic carbocycles. The van der Waals surface area contributed by atoms with Gasteiger partial charge in [0.15, 0.2) is 0 Å². The third-order valence-corrected chi connectivity index (χ3v) is 3.53. The van der Waals surface area contributed by atoms with Crippen LogP contribution in [-0.2, 0) is 4.74 Å². The summed E-state index contributed by atoms with van der Waals surface area (Å²) in [5.74, 6) is 0.953. The van der Waals surface area contributed by atoms with Gasteiger partial charge in [-0.05, 0) is 26.3 Å². The molecule has 1 N–H and O–H groups in total. The van der Waals surface area contributed by atoms with Crippen molar-refractivity contribution in [3.63, 3.8) is 0 Å². The van der Waals surface area contributed by atoms with Gasteiger partial charge in [-0.2, -0.15) is 0 Å². The first kappa shape index (κ1) is 14.8. The number of hydrogen-bond donors (Lipinski definition) is 1. The molecule has 2 unspecified atom stereocenters. The van der Waals surface area contributed by atoms with E-state index < -0.39 is 0 Å². The highest BCUT2D eigenvalue weighted by atomic mass is 16.5. The summed E-state index contributed by atoms with van der Waals surface area (Å²) in [5.41, 5.74) is 1.18. The lowest BCUT2D eigenvalue weighted by molar-refractivity contribution is 0.0921. The second-order valence-electron chi connectivity index (χ2n) is 5.10. The molecule has 0 radical (unpaired) electrons. The van der Waals surface area contributed by atoms with Gasteiger partial charge in [0, 0.05) is 24.1 Å². The summed E-state index contributed by atoms with van der Waals surface area (Å²) in [6.45, 7) is 4.74. The van der Waals surface area contributed by atoms with E-state index in [0.717, 1.165) is 11.1 Å². The monoisotopic (exact) mass is 273 g/mol. The number of methoxy groups -OCH3 is 1. The van der Waals surface area contributed by atoms with E-state index in [9.17, 15) is 0 Å². The summed E-state index contributed by atoms with van der Waals surface area (Å²) in [4.78, 5) is 0. The van der Waals surface area contributed by atoms with Crippen molar-refractivity contribution in [2.45, 2.75) is 26.0 Å². The number of hydrogen-bond acceptors (Lipinski definition) is 3. The summed E-state index contributed by atoms with van der Waals surface area (Å²) in [5, 5.41) is 5.62. The standard InChI is InChI=1S/C17H23NO2/c1-12(11-19-4)20-17-15(13(2)18-3)10-9-14-7-5-6-8-16(14)17/h5-10,12-13,18H,11H2,1-4H3. The first-order valence-corrected chi connectivity index (χ1v) is 7.02. The third-order valence-electron chi connectivity index (χ3n) is 3.53. The summed E-state index contributed by atoms with van der Waals surface area (Å²) in [6.07, 6.45) is 0.0219. The average molecular weight is 273 g/mol. The molecule has 0 aliphatic rings. The Hall–Kier alpha value is -1.58. The van der Waals surface area contributed by atoms with Crippen LogP contribution in [0.1, 0.15) is 25.5 Å². The molecular formula is C17H23NO2. The molecule has 0 saturated heterocycles. The van der Waals surface area contributed by atoms with Crippen LogP contribution >= 0.6 is 0 Å². The van der Waals surface area contributed by atoms with E-state index in [4.69, 9.17) is 9.47 Å². The molecule has 20 heavy (non-hydrogen) atoms. The average Bonchev–Trinajstić information content (AvgIpc) is 2.47. The zero-order valence-corrected chi connectivity index (χ0v) is 12.6. The largest absolute Gasteiger partial charge is 0.487 e.